The molecule has 6 nitrogen and oxygen atoms in total. The van der Waals surface area contributed by atoms with Crippen LogP contribution in [-0.4, -0.2) is 48.9 Å². The lowest BCUT2D eigenvalue weighted by molar-refractivity contribution is -0.117. The van der Waals surface area contributed by atoms with Gasteiger partial charge in [-0.2, -0.15) is 0 Å². The van der Waals surface area contributed by atoms with E-state index in [1.165, 1.54) is 6.92 Å². The molecule has 0 bridgehead atoms. The van der Waals surface area contributed by atoms with E-state index in [9.17, 15) is 4.79 Å². The fraction of sp³-hybridized carbons (Fsp3) is 0.400. The first-order valence-electron chi connectivity index (χ1n) is 6.94. The summed E-state index contributed by atoms with van der Waals surface area (Å²) in [6.07, 6.45) is 0. The lowest BCUT2D eigenvalue weighted by Gasteiger charge is -2.27. The summed E-state index contributed by atoms with van der Waals surface area (Å²) < 4.78 is 5.35. The highest BCUT2D eigenvalue weighted by Crippen LogP contribution is 2.12. The molecule has 1 aliphatic heterocycles. The Balaban J connectivity index is 2.25. The van der Waals surface area contributed by atoms with Crippen LogP contribution in [0.2, 0.25) is 0 Å². The van der Waals surface area contributed by atoms with E-state index in [2.05, 4.69) is 20.2 Å². The minimum atomic E-state index is -0.141. The van der Waals surface area contributed by atoms with Gasteiger partial charge in [0.25, 0.3) is 0 Å². The van der Waals surface area contributed by atoms with Gasteiger partial charge < -0.3 is 15.0 Å². The van der Waals surface area contributed by atoms with E-state index >= 15 is 0 Å². The van der Waals surface area contributed by atoms with Gasteiger partial charge in [-0.25, -0.2) is 9.98 Å². The number of nitrogens with one attached hydrogen (secondary N) is 1. The zero-order valence-corrected chi connectivity index (χ0v) is 12.4. The number of rotatable bonds is 1. The fourth-order valence-electron chi connectivity index (χ4n) is 1.98. The van der Waals surface area contributed by atoms with Gasteiger partial charge in [0.2, 0.25) is 11.9 Å². The topological polar surface area (TPSA) is 66.3 Å². The van der Waals surface area contributed by atoms with Crippen LogP contribution in [0.15, 0.2) is 40.3 Å². The third-order valence-corrected chi connectivity index (χ3v) is 2.90. The van der Waals surface area contributed by atoms with Crippen LogP contribution >= 0.6 is 0 Å². The summed E-state index contributed by atoms with van der Waals surface area (Å²) in [7, 11) is 0. The number of ether oxygens (including phenoxy) is 1. The van der Waals surface area contributed by atoms with Gasteiger partial charge in [0.1, 0.15) is 5.84 Å². The molecule has 0 unspecified atom stereocenters. The second kappa shape index (κ2) is 7.54. The van der Waals surface area contributed by atoms with E-state index in [4.69, 9.17) is 4.74 Å². The maximum Gasteiger partial charge on any atom is 0.227 e. The monoisotopic (exact) mass is 288 g/mol. The van der Waals surface area contributed by atoms with Crippen LogP contribution in [0, 0.1) is 0 Å². The predicted molar refractivity (Wildman–Crippen MR) is 82.9 cm³/mol. The smallest absolute Gasteiger partial charge is 0.227 e. The van der Waals surface area contributed by atoms with Gasteiger partial charge in [-0.05, 0) is 19.1 Å². The van der Waals surface area contributed by atoms with Crippen molar-refractivity contribution in [1.29, 1.82) is 0 Å². The summed E-state index contributed by atoms with van der Waals surface area (Å²) in [6.45, 7) is 6.00. The van der Waals surface area contributed by atoms with E-state index in [1.54, 1.807) is 6.92 Å². The lowest BCUT2D eigenvalue weighted by atomic mass is 10.3. The minimum absolute atomic E-state index is 0.141. The second-order valence-electron chi connectivity index (χ2n) is 4.73. The van der Waals surface area contributed by atoms with Crippen molar-refractivity contribution in [2.45, 2.75) is 13.8 Å². The predicted octanol–water partition coefficient (Wildman–Crippen LogP) is 1.56. The summed E-state index contributed by atoms with van der Waals surface area (Å²) in [5.74, 6) is 0.983. The van der Waals surface area contributed by atoms with Gasteiger partial charge in [-0.1, -0.05) is 18.2 Å². The van der Waals surface area contributed by atoms with Crippen molar-refractivity contribution in [3.63, 3.8) is 0 Å². The molecule has 112 valence electrons. The molecular weight excluding hydrogens is 268 g/mol. The Hall–Kier alpha value is -2.21. The molecule has 21 heavy (non-hydrogen) atoms. The summed E-state index contributed by atoms with van der Waals surface area (Å²) in [5.41, 5.74) is 0.832. The van der Waals surface area contributed by atoms with Crippen molar-refractivity contribution < 1.29 is 9.53 Å². The molecule has 0 atom stereocenters. The van der Waals surface area contributed by atoms with Gasteiger partial charge in [0.05, 0.1) is 18.9 Å². The summed E-state index contributed by atoms with van der Waals surface area (Å²) in [5, 5.41) is 2.67. The Kier molecular flexibility index (Phi) is 5.45. The third kappa shape index (κ3) is 5.00. The number of hydrogen-bond acceptors (Lipinski definition) is 3. The van der Waals surface area contributed by atoms with Gasteiger partial charge in [-0.15, -0.1) is 0 Å². The van der Waals surface area contributed by atoms with Crippen molar-refractivity contribution in [3.05, 3.63) is 30.3 Å². The average molecular weight is 288 g/mol. The van der Waals surface area contributed by atoms with Crippen LogP contribution in [0.5, 0.6) is 0 Å². The second-order valence-corrected chi connectivity index (χ2v) is 4.73. The van der Waals surface area contributed by atoms with Crippen molar-refractivity contribution in [2.75, 3.05) is 26.3 Å². The highest BCUT2D eigenvalue weighted by molar-refractivity contribution is 6.02. The first-order chi connectivity index (χ1) is 10.1. The van der Waals surface area contributed by atoms with Crippen LogP contribution < -0.4 is 5.32 Å². The Morgan fingerprint density at radius 2 is 1.86 bits per heavy atom. The zero-order valence-electron chi connectivity index (χ0n) is 12.4. The molecule has 1 N–H and O–H groups in total. The van der Waals surface area contributed by atoms with E-state index in [0.717, 1.165) is 18.8 Å². The number of hydrogen-bond donors (Lipinski definition) is 1. The van der Waals surface area contributed by atoms with Crippen molar-refractivity contribution >= 4 is 23.4 Å². The lowest BCUT2D eigenvalue weighted by Crippen LogP contribution is -2.41. The van der Waals surface area contributed by atoms with Gasteiger partial charge >= 0.3 is 0 Å². The molecule has 1 amide bonds. The summed E-state index contributed by atoms with van der Waals surface area (Å²) in [4.78, 5) is 22.2. The summed E-state index contributed by atoms with van der Waals surface area (Å²) in [6, 6.07) is 9.65. The number of carbonyl (C=O) groups excluding carboxylic acids is 1. The Bertz CT molecular complexity index is 534. The van der Waals surface area contributed by atoms with Gasteiger partial charge in [-0.3, -0.25) is 4.79 Å². The van der Waals surface area contributed by atoms with Crippen LogP contribution in [0.25, 0.3) is 0 Å². The Morgan fingerprint density at radius 1 is 1.19 bits per heavy atom. The third-order valence-electron chi connectivity index (χ3n) is 2.90. The molecule has 2 rings (SSSR count). The van der Waals surface area contributed by atoms with Crippen LogP contribution in [-0.2, 0) is 9.53 Å². The number of para-hydroxylation sites is 1. The molecular formula is C15H20N4O2. The SMILES string of the molecule is CC(=O)N/C(C)=N/C(=Nc1ccccc1)N1CCOCC1. The molecule has 1 saturated heterocycles. The molecule has 1 aliphatic rings. The maximum absolute atomic E-state index is 11.1. The highest BCUT2D eigenvalue weighted by Gasteiger charge is 2.15. The van der Waals surface area contributed by atoms with E-state index < -0.39 is 0 Å². The van der Waals surface area contributed by atoms with Gasteiger partial charge in [0, 0.05) is 20.0 Å². The number of aliphatic imine (C=N–C) groups is 2. The highest BCUT2D eigenvalue weighted by atomic mass is 16.5. The van der Waals surface area contributed by atoms with Crippen molar-refractivity contribution in [2.24, 2.45) is 9.98 Å². The van der Waals surface area contributed by atoms with E-state index in [1.807, 2.05) is 30.3 Å². The van der Waals surface area contributed by atoms with E-state index in [0.29, 0.717) is 25.0 Å². The normalized spacial score (nSPS) is 16.8. The largest absolute Gasteiger partial charge is 0.378 e. The van der Waals surface area contributed by atoms with E-state index in [-0.39, 0.29) is 5.91 Å². The molecule has 1 fully saturated rings. The summed E-state index contributed by atoms with van der Waals surface area (Å²) >= 11 is 0. The molecule has 0 aliphatic carbocycles. The number of amidine groups is 1. The quantitative estimate of drug-likeness (QED) is 0.630. The van der Waals surface area contributed by atoms with Crippen molar-refractivity contribution in [3.8, 4) is 0 Å². The van der Waals surface area contributed by atoms with Crippen molar-refractivity contribution in [1.82, 2.24) is 10.2 Å². The van der Waals surface area contributed by atoms with Crippen LogP contribution in [0.3, 0.4) is 0 Å². The molecule has 1 aromatic carbocycles. The zero-order chi connectivity index (χ0) is 15.1. The Labute approximate surface area is 124 Å². The van der Waals surface area contributed by atoms with Gasteiger partial charge in [0.15, 0.2) is 0 Å². The molecule has 0 saturated carbocycles. The average Bonchev–Trinajstić information content (AvgIpc) is 2.48. The number of amides is 1. The first kappa shape index (κ1) is 15.2. The standard InChI is InChI=1S/C15H20N4O2/c1-12(16-13(2)20)17-15(19-8-10-21-11-9-19)18-14-6-4-3-5-7-14/h3-7H,8-11H2,1-2H3,(H,16,17,18,20). The number of benzene rings is 1. The number of nitrogens with zero attached hydrogens (tertiary/aromatic N) is 3. The molecule has 0 radical (unpaired) electrons. The maximum atomic E-state index is 11.1. The first-order valence-corrected chi connectivity index (χ1v) is 6.94. The molecule has 6 heteroatoms. The molecule has 1 heterocycles. The minimum Gasteiger partial charge on any atom is -0.378 e. The Morgan fingerprint density at radius 3 is 2.48 bits per heavy atom. The molecule has 1 aromatic rings. The number of morpholine rings is 1. The van der Waals surface area contributed by atoms with Crippen LogP contribution in [0.4, 0.5) is 5.69 Å². The molecule has 0 aromatic heterocycles. The molecule has 0 spiro atoms. The fourth-order valence-corrected chi connectivity index (χ4v) is 1.98. The van der Waals surface area contributed by atoms with Crippen LogP contribution in [0.1, 0.15) is 13.8 Å². The number of guanidine groups is 1. The number of carbonyl (C=O) groups is 1.